The number of aromatic nitrogens is 2. The first kappa shape index (κ1) is 26.1. The summed E-state index contributed by atoms with van der Waals surface area (Å²) in [5, 5.41) is 20.6. The van der Waals surface area contributed by atoms with Gasteiger partial charge in [-0.25, -0.2) is 0 Å². The average molecular weight is 690 g/mol. The van der Waals surface area contributed by atoms with E-state index in [9.17, 15) is 0 Å². The van der Waals surface area contributed by atoms with Crippen molar-refractivity contribution in [2.45, 2.75) is 32.5 Å². The van der Waals surface area contributed by atoms with Gasteiger partial charge in [-0.3, -0.25) is 4.98 Å². The zero-order valence-corrected chi connectivity index (χ0v) is 23.1. The number of fused-ring (bicyclic) bond motifs is 10. The molecule has 0 amide bonds. The van der Waals surface area contributed by atoms with Crippen molar-refractivity contribution >= 4 is 32.6 Å². The Balaban J connectivity index is 0.000000329. The summed E-state index contributed by atoms with van der Waals surface area (Å²) in [5.74, 6) is 2.72. The normalized spacial score (nSPS) is 14.6. The molecule has 0 bridgehead atoms. The minimum absolute atomic E-state index is 0. The van der Waals surface area contributed by atoms with E-state index in [0.29, 0.717) is 29.4 Å². The summed E-state index contributed by atoms with van der Waals surface area (Å²) in [7, 11) is 0. The van der Waals surface area contributed by atoms with Gasteiger partial charge in [0.25, 0.3) is 0 Å². The molecule has 38 heavy (non-hydrogen) atoms. The minimum Gasteiger partial charge on any atom is -0.500 e. The Morgan fingerprint density at radius 1 is 0.842 bits per heavy atom. The minimum atomic E-state index is -0.375. The Labute approximate surface area is 232 Å². The fourth-order valence-corrected chi connectivity index (χ4v) is 4.76. The predicted octanol–water partition coefficient (Wildman–Crippen LogP) is 5.00. The maximum atomic E-state index is 8.56. The van der Waals surface area contributed by atoms with Crippen LogP contribution in [0.3, 0.4) is 0 Å². The molecular formula is C29H25IrN2O6-. The topological polar surface area (TPSA) is 103 Å². The first-order valence-electron chi connectivity index (χ1n) is 12.1. The van der Waals surface area contributed by atoms with E-state index in [4.69, 9.17) is 39.1 Å². The number of aliphatic hydroxyl groups excluding tert-OH is 2. The molecule has 0 fully saturated rings. The molecule has 0 saturated heterocycles. The van der Waals surface area contributed by atoms with Gasteiger partial charge in [0.15, 0.2) is 11.5 Å². The van der Waals surface area contributed by atoms with Crippen molar-refractivity contribution in [3.63, 3.8) is 0 Å². The molecule has 7 rings (SSSR count). The Hall–Kier alpha value is -3.49. The van der Waals surface area contributed by atoms with Gasteiger partial charge in [0, 0.05) is 37.4 Å². The largest absolute Gasteiger partial charge is 0.500 e. The number of rotatable bonds is 3. The molecule has 2 N–H and O–H groups in total. The van der Waals surface area contributed by atoms with E-state index >= 15 is 0 Å². The van der Waals surface area contributed by atoms with Crippen LogP contribution in [-0.2, 0) is 20.1 Å². The molecule has 3 heterocycles. The van der Waals surface area contributed by atoms with E-state index in [2.05, 4.69) is 6.07 Å². The van der Waals surface area contributed by atoms with Gasteiger partial charge >= 0.3 is 0 Å². The molecule has 0 saturated carbocycles. The summed E-state index contributed by atoms with van der Waals surface area (Å²) in [5.41, 5.74) is 3.36. The van der Waals surface area contributed by atoms with Gasteiger partial charge < -0.3 is 34.1 Å². The summed E-state index contributed by atoms with van der Waals surface area (Å²) < 4.78 is 22.9. The molecule has 197 valence electrons. The molecule has 2 aliphatic rings. The van der Waals surface area contributed by atoms with Gasteiger partial charge in [0.2, 0.25) is 13.6 Å². The van der Waals surface area contributed by atoms with E-state index < -0.39 is 0 Å². The van der Waals surface area contributed by atoms with Crippen molar-refractivity contribution in [2.24, 2.45) is 0 Å². The summed E-state index contributed by atoms with van der Waals surface area (Å²) in [6, 6.07) is 19.1. The standard InChI is InChI=1S/C24H13N2O4.C5H12O2.Ir/c1-2-4-13(5-3-1)16-10-25-21-14-6-8-17-23(29-11-27-17)19(14)20-15(22(21)26-16)7-9-18-24(20)30-12-28-18;1-4(6)3-5(2)7;/h1-5,7-10H,11-12H2;4-7H,3H2,1-2H3;/q-1;;. The van der Waals surface area contributed by atoms with E-state index in [-0.39, 0.29) is 45.9 Å². The number of hydrogen-bond donors (Lipinski definition) is 2. The third-order valence-electron chi connectivity index (χ3n) is 6.27. The molecule has 5 aromatic rings. The van der Waals surface area contributed by atoms with Gasteiger partial charge in [-0.15, -0.1) is 17.5 Å². The van der Waals surface area contributed by atoms with E-state index in [0.717, 1.165) is 43.8 Å². The fourth-order valence-electron chi connectivity index (χ4n) is 4.76. The van der Waals surface area contributed by atoms with E-state index in [1.54, 1.807) is 26.1 Å². The first-order valence-corrected chi connectivity index (χ1v) is 12.1. The zero-order chi connectivity index (χ0) is 25.5. The van der Waals surface area contributed by atoms with Crippen LogP contribution in [0.15, 0.2) is 54.7 Å². The van der Waals surface area contributed by atoms with Crippen LogP contribution < -0.4 is 18.9 Å². The fraction of sp³-hybridized carbons (Fsp3) is 0.241. The summed E-state index contributed by atoms with van der Waals surface area (Å²) in [6.07, 6.45) is 1.52. The second kappa shape index (κ2) is 10.7. The SMILES string of the molecule is CC(O)CC(C)O.[Ir].[c-]1cc2c(c3c1c1ncc(-c4ccccc4)nc1c1ccc4c(c13)OCO4)OCO2. The second-order valence-electron chi connectivity index (χ2n) is 9.11. The number of aliphatic hydroxyl groups is 2. The van der Waals surface area contributed by atoms with Crippen LogP contribution in [0.4, 0.5) is 0 Å². The molecule has 1 aromatic heterocycles. The molecule has 1 radical (unpaired) electrons. The third kappa shape index (κ3) is 4.63. The van der Waals surface area contributed by atoms with Gasteiger partial charge in [-0.05, 0) is 48.6 Å². The van der Waals surface area contributed by atoms with Crippen LogP contribution in [0.1, 0.15) is 20.3 Å². The maximum Gasteiger partial charge on any atom is 0.231 e. The summed E-state index contributed by atoms with van der Waals surface area (Å²) >= 11 is 0. The third-order valence-corrected chi connectivity index (χ3v) is 6.27. The van der Waals surface area contributed by atoms with E-state index in [1.165, 1.54) is 0 Å². The molecule has 9 heteroatoms. The number of benzene rings is 4. The van der Waals surface area contributed by atoms with Crippen LogP contribution in [0, 0.1) is 6.07 Å². The predicted molar refractivity (Wildman–Crippen MR) is 139 cm³/mol. The molecule has 2 unspecified atom stereocenters. The molecule has 4 aromatic carbocycles. The Bertz CT molecular complexity index is 1620. The van der Waals surface area contributed by atoms with Gasteiger partial charge in [0.05, 0.1) is 34.9 Å². The Kier molecular flexibility index (Phi) is 7.36. The summed E-state index contributed by atoms with van der Waals surface area (Å²) in [6.45, 7) is 3.67. The average Bonchev–Trinajstić information content (AvgIpc) is 3.57. The van der Waals surface area contributed by atoms with Gasteiger partial charge in [-0.2, -0.15) is 0 Å². The van der Waals surface area contributed by atoms with Crippen molar-refractivity contribution in [1.82, 2.24) is 9.97 Å². The second-order valence-corrected chi connectivity index (χ2v) is 9.11. The van der Waals surface area contributed by atoms with Crippen molar-refractivity contribution in [3.8, 4) is 34.3 Å². The monoisotopic (exact) mass is 690 g/mol. The summed E-state index contributed by atoms with van der Waals surface area (Å²) in [4.78, 5) is 9.78. The number of nitrogens with zero attached hydrogens (tertiary/aromatic N) is 2. The Morgan fingerprint density at radius 2 is 1.53 bits per heavy atom. The molecular weight excluding hydrogens is 665 g/mol. The van der Waals surface area contributed by atoms with Crippen molar-refractivity contribution in [3.05, 3.63) is 60.8 Å². The van der Waals surface area contributed by atoms with Crippen LogP contribution in [0.5, 0.6) is 23.0 Å². The smallest absolute Gasteiger partial charge is 0.231 e. The molecule has 8 nitrogen and oxygen atoms in total. The zero-order valence-electron chi connectivity index (χ0n) is 20.7. The molecule has 0 spiro atoms. The van der Waals surface area contributed by atoms with Crippen molar-refractivity contribution in [1.29, 1.82) is 0 Å². The van der Waals surface area contributed by atoms with Gasteiger partial charge in [0.1, 0.15) is 0 Å². The van der Waals surface area contributed by atoms with Crippen molar-refractivity contribution in [2.75, 3.05) is 13.6 Å². The molecule has 2 atom stereocenters. The van der Waals surface area contributed by atoms with Crippen LogP contribution in [0.2, 0.25) is 0 Å². The van der Waals surface area contributed by atoms with Gasteiger partial charge in [-0.1, -0.05) is 30.3 Å². The maximum absolute atomic E-state index is 8.56. The van der Waals surface area contributed by atoms with Crippen LogP contribution in [-0.4, -0.2) is 46.0 Å². The van der Waals surface area contributed by atoms with E-state index in [1.807, 2.05) is 42.5 Å². The first-order chi connectivity index (χ1) is 18.0. The van der Waals surface area contributed by atoms with Crippen LogP contribution >= 0.6 is 0 Å². The number of ether oxygens (including phenoxy) is 4. The van der Waals surface area contributed by atoms with Crippen LogP contribution in [0.25, 0.3) is 43.8 Å². The number of hydrogen-bond acceptors (Lipinski definition) is 8. The quantitative estimate of drug-likeness (QED) is 0.202. The molecule has 2 aliphatic heterocycles. The molecule has 0 aliphatic carbocycles. The van der Waals surface area contributed by atoms with Crippen molar-refractivity contribution < 1.29 is 49.3 Å². The Morgan fingerprint density at radius 3 is 2.21 bits per heavy atom.